The molecule has 4 rings (SSSR count). The first-order valence-electron chi connectivity index (χ1n) is 10.3. The molecule has 0 unspecified atom stereocenters. The van der Waals surface area contributed by atoms with Gasteiger partial charge in [-0.15, -0.1) is 11.3 Å². The Hall–Kier alpha value is -1.41. The van der Waals surface area contributed by atoms with Crippen LogP contribution in [0.5, 0.6) is 0 Å². The normalized spacial score (nSPS) is 28.6. The van der Waals surface area contributed by atoms with Gasteiger partial charge < -0.3 is 15.5 Å². The second-order valence-electron chi connectivity index (χ2n) is 5.27. The lowest BCUT2D eigenvalue weighted by molar-refractivity contribution is 0.518. The van der Waals surface area contributed by atoms with E-state index in [0.717, 1.165) is 11.3 Å². The van der Waals surface area contributed by atoms with E-state index < -0.39 is 36.8 Å². The molecule has 0 bridgehead atoms. The van der Waals surface area contributed by atoms with E-state index in [1.807, 2.05) is 0 Å². The topological polar surface area (TPSA) is 77.0 Å². The third-order valence-corrected chi connectivity index (χ3v) is 6.16. The van der Waals surface area contributed by atoms with E-state index in [0.29, 0.717) is 37.7 Å². The van der Waals surface area contributed by atoms with Crippen LogP contribution < -0.4 is 11.1 Å². The van der Waals surface area contributed by atoms with E-state index in [2.05, 4.69) is 31.2 Å². The van der Waals surface area contributed by atoms with Crippen LogP contribution in [0.2, 0.25) is 5.28 Å². The Labute approximate surface area is 170 Å². The van der Waals surface area contributed by atoms with Crippen molar-refractivity contribution in [1.82, 2.24) is 9.97 Å². The fraction of sp³-hybridized carbons (Fsp3) is 0.294. The summed E-state index contributed by atoms with van der Waals surface area (Å²) in [6, 6.07) is 0.681. The number of fused-ring (bicyclic) bond motifs is 1. The van der Waals surface area contributed by atoms with Gasteiger partial charge in [0.15, 0.2) is 0 Å². The predicted molar refractivity (Wildman–Crippen MR) is 105 cm³/mol. The largest absolute Gasteiger partial charge is 0.467 e. The van der Waals surface area contributed by atoms with Gasteiger partial charge in [0.1, 0.15) is 17.1 Å². The van der Waals surface area contributed by atoms with Gasteiger partial charge in [-0.2, -0.15) is 4.98 Å². The van der Waals surface area contributed by atoms with Crippen LogP contribution in [0.15, 0.2) is 39.4 Å². The maximum atomic E-state index is 8.46. The van der Waals surface area contributed by atoms with E-state index in [-0.39, 0.29) is 5.28 Å². The summed E-state index contributed by atoms with van der Waals surface area (Å²) in [5, 5.41) is 3.10. The molecule has 0 amide bonds. The van der Waals surface area contributed by atoms with Gasteiger partial charge in [0.05, 0.1) is 24.7 Å². The Bertz CT molecular complexity index is 1190. The highest BCUT2D eigenvalue weighted by Crippen LogP contribution is 2.45. The number of halogens is 2. The standard InChI is InChI=1S/C17H16BrClN4OS/c18-12-13-15(25-14(12)10-5-1-2-6-11(10)20)16(23-17(19)22-13)21-8-9-4-3-7-24-9/h1-4,7,10-11H,5-6,8,20H2,(H,21,22,23)/t10-,11-/m1/s1/i1D,2D,5D2,6D2. The van der Waals surface area contributed by atoms with Crippen LogP contribution in [0.25, 0.3) is 10.2 Å². The zero-order chi connectivity index (χ0) is 22.7. The van der Waals surface area contributed by atoms with E-state index in [1.54, 1.807) is 18.4 Å². The SMILES string of the molecule is [2H]C1=C([2H])C([2H])([2H])[C@@H](c2sc3c(NCc4ccco4)nc(Cl)nc3c2Br)[C@H](N)C1([2H])[2H]. The lowest BCUT2D eigenvalue weighted by Gasteiger charge is -2.24. The summed E-state index contributed by atoms with van der Waals surface area (Å²) >= 11 is 10.7. The molecule has 0 aromatic carbocycles. The molecule has 0 saturated carbocycles. The number of nitrogens with zero attached hydrogens (tertiary/aromatic N) is 2. The molecule has 1 aliphatic carbocycles. The molecule has 3 aromatic rings. The molecule has 2 atom stereocenters. The Balaban J connectivity index is 1.85. The van der Waals surface area contributed by atoms with Gasteiger partial charge in [-0.1, -0.05) is 12.1 Å². The van der Waals surface area contributed by atoms with Gasteiger partial charge in [0.25, 0.3) is 0 Å². The molecule has 3 heterocycles. The second kappa shape index (κ2) is 7.07. The summed E-state index contributed by atoms with van der Waals surface area (Å²) < 4.78 is 55.5. The molecular weight excluding hydrogens is 424 g/mol. The molecular formula is C17H16BrClN4OS. The highest BCUT2D eigenvalue weighted by atomic mass is 79.9. The van der Waals surface area contributed by atoms with E-state index in [9.17, 15) is 0 Å². The fourth-order valence-corrected chi connectivity index (χ4v) is 4.75. The summed E-state index contributed by atoms with van der Waals surface area (Å²) in [5.74, 6) is -0.155. The van der Waals surface area contributed by atoms with Crippen molar-refractivity contribution in [2.45, 2.75) is 31.3 Å². The van der Waals surface area contributed by atoms with Gasteiger partial charge in [-0.05, 0) is 52.4 Å². The van der Waals surface area contributed by atoms with Crippen LogP contribution in [0.4, 0.5) is 5.82 Å². The third kappa shape index (κ3) is 3.33. The number of rotatable bonds is 4. The van der Waals surface area contributed by atoms with Crippen molar-refractivity contribution in [3.63, 3.8) is 0 Å². The van der Waals surface area contributed by atoms with Crippen molar-refractivity contribution in [3.8, 4) is 0 Å². The molecule has 0 saturated heterocycles. The quantitative estimate of drug-likeness (QED) is 0.433. The molecule has 8 heteroatoms. The number of allylic oxidation sites excluding steroid dienone is 1. The highest BCUT2D eigenvalue weighted by molar-refractivity contribution is 9.10. The highest BCUT2D eigenvalue weighted by Gasteiger charge is 2.27. The number of anilines is 1. The minimum absolute atomic E-state index is 0.0275. The molecule has 0 radical (unpaired) electrons. The number of hydrogen-bond acceptors (Lipinski definition) is 6. The fourth-order valence-electron chi connectivity index (χ4n) is 2.48. The summed E-state index contributed by atoms with van der Waals surface area (Å²) in [6.45, 7) is 0.328. The molecule has 1 aliphatic rings. The van der Waals surface area contributed by atoms with Crippen molar-refractivity contribution in [2.24, 2.45) is 5.73 Å². The maximum Gasteiger partial charge on any atom is 0.225 e. The molecule has 3 N–H and O–H groups in total. The number of nitrogens with two attached hydrogens (primary N) is 1. The average Bonchev–Trinajstić information content (AvgIpc) is 3.33. The third-order valence-electron chi connectivity index (χ3n) is 3.66. The smallest absolute Gasteiger partial charge is 0.225 e. The first-order valence-corrected chi connectivity index (χ1v) is 9.30. The van der Waals surface area contributed by atoms with Crippen LogP contribution in [-0.2, 0) is 6.54 Å². The minimum atomic E-state index is -2.37. The minimum Gasteiger partial charge on any atom is -0.467 e. The lowest BCUT2D eigenvalue weighted by atomic mass is 9.88. The number of furan rings is 1. The van der Waals surface area contributed by atoms with Crippen LogP contribution in [0.3, 0.4) is 0 Å². The van der Waals surface area contributed by atoms with Crippen LogP contribution in [-0.4, -0.2) is 16.0 Å². The number of aromatic nitrogens is 2. The van der Waals surface area contributed by atoms with Gasteiger partial charge in [-0.3, -0.25) is 0 Å². The van der Waals surface area contributed by atoms with E-state index in [1.165, 1.54) is 0 Å². The Morgan fingerprint density at radius 3 is 3.12 bits per heavy atom. The van der Waals surface area contributed by atoms with Gasteiger partial charge in [-0.25, -0.2) is 4.98 Å². The Kier molecular flexibility index (Phi) is 3.21. The molecule has 3 aromatic heterocycles. The second-order valence-corrected chi connectivity index (χ2v) is 7.46. The monoisotopic (exact) mass is 444 g/mol. The average molecular weight is 446 g/mol. The zero-order valence-corrected chi connectivity index (χ0v) is 15.8. The van der Waals surface area contributed by atoms with Crippen molar-refractivity contribution in [2.75, 3.05) is 5.32 Å². The van der Waals surface area contributed by atoms with Crippen molar-refractivity contribution >= 4 is 54.9 Å². The Morgan fingerprint density at radius 1 is 1.48 bits per heavy atom. The van der Waals surface area contributed by atoms with Gasteiger partial charge in [0.2, 0.25) is 5.28 Å². The Morgan fingerprint density at radius 2 is 2.32 bits per heavy atom. The van der Waals surface area contributed by atoms with Gasteiger partial charge in [0, 0.05) is 22.3 Å². The first kappa shape index (κ1) is 11.3. The van der Waals surface area contributed by atoms with Crippen molar-refractivity contribution in [1.29, 1.82) is 0 Å². The van der Waals surface area contributed by atoms with Crippen LogP contribution in [0.1, 0.15) is 37.5 Å². The van der Waals surface area contributed by atoms with Crippen molar-refractivity contribution < 1.29 is 12.6 Å². The van der Waals surface area contributed by atoms with Crippen molar-refractivity contribution in [3.05, 3.63) is 50.9 Å². The summed E-state index contributed by atoms with van der Waals surface area (Å²) in [4.78, 5) is 8.83. The summed E-state index contributed by atoms with van der Waals surface area (Å²) in [7, 11) is 0. The molecule has 0 aliphatic heterocycles. The molecule has 5 nitrogen and oxygen atoms in total. The van der Waals surface area contributed by atoms with Gasteiger partial charge >= 0.3 is 0 Å². The number of thiophene rings is 1. The number of hydrogen-bond donors (Lipinski definition) is 2. The van der Waals surface area contributed by atoms with Crippen LogP contribution in [0, 0.1) is 0 Å². The first-order chi connectivity index (χ1) is 14.5. The van der Waals surface area contributed by atoms with E-state index in [4.69, 9.17) is 30.0 Å². The zero-order valence-electron chi connectivity index (χ0n) is 18.6. The number of nitrogens with one attached hydrogen (secondary N) is 1. The summed E-state index contributed by atoms with van der Waals surface area (Å²) in [5.41, 5.74) is 6.56. The lowest BCUT2D eigenvalue weighted by Crippen LogP contribution is -2.29. The maximum absolute atomic E-state index is 8.46. The summed E-state index contributed by atoms with van der Waals surface area (Å²) in [6.07, 6.45) is -3.18. The van der Waals surface area contributed by atoms with Crippen LogP contribution >= 0.6 is 38.9 Å². The van der Waals surface area contributed by atoms with E-state index >= 15 is 0 Å². The molecule has 0 spiro atoms. The molecule has 25 heavy (non-hydrogen) atoms. The predicted octanol–water partition coefficient (Wildman–Crippen LogP) is 5.07. The molecule has 130 valence electrons. The molecule has 0 fully saturated rings.